The van der Waals surface area contributed by atoms with Crippen molar-refractivity contribution in [1.29, 1.82) is 0 Å². The monoisotopic (exact) mass is 314 g/mol. The highest BCUT2D eigenvalue weighted by molar-refractivity contribution is 5.99. The molecule has 1 aliphatic heterocycles. The molecule has 118 valence electrons. The van der Waals surface area contributed by atoms with Gasteiger partial charge >= 0.3 is 0 Å². The Balaban J connectivity index is 2.07. The Morgan fingerprint density at radius 1 is 1.30 bits per heavy atom. The van der Waals surface area contributed by atoms with Crippen LogP contribution in [0.1, 0.15) is 28.9 Å². The van der Waals surface area contributed by atoms with Crippen LogP contribution in [0, 0.1) is 5.82 Å². The lowest BCUT2D eigenvalue weighted by Crippen LogP contribution is -2.54. The summed E-state index contributed by atoms with van der Waals surface area (Å²) in [7, 11) is 0. The standard InChI is InChI=1S/C16H15FN4O2/c17-12-4-1-3-11(9-12)14(22)21-8-2-5-16(21,15(18)23)13-10-19-6-7-20-13/h1,3-4,6-7,9-10H,2,5,8H2,(H2,18,23). The molecule has 1 aromatic heterocycles. The molecule has 1 fully saturated rings. The first-order valence-electron chi connectivity index (χ1n) is 7.19. The second-order valence-corrected chi connectivity index (χ2v) is 5.39. The number of benzene rings is 1. The van der Waals surface area contributed by atoms with Gasteiger partial charge in [0.25, 0.3) is 5.91 Å². The maximum absolute atomic E-state index is 13.4. The predicted molar refractivity (Wildman–Crippen MR) is 79.6 cm³/mol. The van der Waals surface area contributed by atoms with E-state index >= 15 is 0 Å². The minimum atomic E-state index is -1.35. The number of carbonyl (C=O) groups excluding carboxylic acids is 2. The van der Waals surface area contributed by atoms with Gasteiger partial charge in [0, 0.05) is 24.5 Å². The number of amides is 2. The van der Waals surface area contributed by atoms with Crippen LogP contribution in [0.5, 0.6) is 0 Å². The number of nitrogens with two attached hydrogens (primary N) is 1. The van der Waals surface area contributed by atoms with E-state index in [1.807, 2.05) is 0 Å². The first-order chi connectivity index (χ1) is 11.1. The number of rotatable bonds is 3. The molecule has 0 bridgehead atoms. The van der Waals surface area contributed by atoms with E-state index in [4.69, 9.17) is 5.73 Å². The lowest BCUT2D eigenvalue weighted by atomic mass is 9.90. The van der Waals surface area contributed by atoms with Gasteiger partial charge in [-0.15, -0.1) is 0 Å². The largest absolute Gasteiger partial charge is 0.367 e. The average molecular weight is 314 g/mol. The van der Waals surface area contributed by atoms with Crippen molar-refractivity contribution in [2.45, 2.75) is 18.4 Å². The number of aromatic nitrogens is 2. The molecule has 1 aliphatic rings. The van der Waals surface area contributed by atoms with Crippen molar-refractivity contribution in [2.75, 3.05) is 6.54 Å². The Morgan fingerprint density at radius 2 is 2.13 bits per heavy atom. The summed E-state index contributed by atoms with van der Waals surface area (Å²) in [6.07, 6.45) is 5.32. The van der Waals surface area contributed by atoms with E-state index in [1.54, 1.807) is 0 Å². The lowest BCUT2D eigenvalue weighted by Gasteiger charge is -2.35. The van der Waals surface area contributed by atoms with Crippen LogP contribution >= 0.6 is 0 Å². The lowest BCUT2D eigenvalue weighted by molar-refractivity contribution is -0.128. The van der Waals surface area contributed by atoms with Crippen molar-refractivity contribution in [3.8, 4) is 0 Å². The Kier molecular flexibility index (Phi) is 3.77. The molecule has 23 heavy (non-hydrogen) atoms. The number of hydrogen-bond acceptors (Lipinski definition) is 4. The van der Waals surface area contributed by atoms with Crippen LogP contribution in [0.25, 0.3) is 0 Å². The van der Waals surface area contributed by atoms with E-state index < -0.39 is 23.2 Å². The van der Waals surface area contributed by atoms with Gasteiger partial charge in [-0.25, -0.2) is 4.39 Å². The Labute approximate surface area is 132 Å². The van der Waals surface area contributed by atoms with E-state index in [0.717, 1.165) is 6.07 Å². The van der Waals surface area contributed by atoms with Gasteiger partial charge in [-0.1, -0.05) is 6.07 Å². The van der Waals surface area contributed by atoms with Crippen molar-refractivity contribution in [2.24, 2.45) is 5.73 Å². The van der Waals surface area contributed by atoms with Crippen molar-refractivity contribution in [3.63, 3.8) is 0 Å². The molecule has 1 aromatic carbocycles. The molecule has 0 aliphatic carbocycles. The van der Waals surface area contributed by atoms with E-state index in [2.05, 4.69) is 9.97 Å². The quantitative estimate of drug-likeness (QED) is 0.923. The highest BCUT2D eigenvalue weighted by Gasteiger charge is 2.51. The van der Waals surface area contributed by atoms with E-state index in [-0.39, 0.29) is 5.56 Å². The smallest absolute Gasteiger partial charge is 0.255 e. The van der Waals surface area contributed by atoms with Gasteiger partial charge in [-0.05, 0) is 31.0 Å². The summed E-state index contributed by atoms with van der Waals surface area (Å²) >= 11 is 0. The second-order valence-electron chi connectivity index (χ2n) is 5.39. The highest BCUT2D eigenvalue weighted by atomic mass is 19.1. The fraction of sp³-hybridized carbons (Fsp3) is 0.250. The fourth-order valence-electron chi connectivity index (χ4n) is 3.03. The number of nitrogens with zero attached hydrogens (tertiary/aromatic N) is 3. The Hall–Kier alpha value is -2.83. The second kappa shape index (κ2) is 5.75. The molecule has 7 heteroatoms. The summed E-state index contributed by atoms with van der Waals surface area (Å²) in [6, 6.07) is 5.35. The van der Waals surface area contributed by atoms with E-state index in [1.165, 1.54) is 41.7 Å². The van der Waals surface area contributed by atoms with Gasteiger partial charge in [0.2, 0.25) is 5.91 Å². The summed E-state index contributed by atoms with van der Waals surface area (Å²) in [5.41, 5.74) is 4.77. The SMILES string of the molecule is NC(=O)C1(c2cnccn2)CCCN1C(=O)c1cccc(F)c1. The Bertz CT molecular complexity index is 753. The van der Waals surface area contributed by atoms with Crippen molar-refractivity contribution in [3.05, 3.63) is 59.9 Å². The number of primary amides is 1. The van der Waals surface area contributed by atoms with Crippen LogP contribution in [0.4, 0.5) is 4.39 Å². The zero-order valence-corrected chi connectivity index (χ0v) is 12.3. The number of hydrogen-bond donors (Lipinski definition) is 1. The average Bonchev–Trinajstić information content (AvgIpc) is 3.01. The van der Waals surface area contributed by atoms with E-state index in [9.17, 15) is 14.0 Å². The Morgan fingerprint density at radius 3 is 2.78 bits per heavy atom. The highest BCUT2D eigenvalue weighted by Crippen LogP contribution is 2.38. The van der Waals surface area contributed by atoms with Crippen LogP contribution in [0.3, 0.4) is 0 Å². The molecule has 2 aromatic rings. The topological polar surface area (TPSA) is 89.2 Å². The minimum absolute atomic E-state index is 0.168. The van der Waals surface area contributed by atoms with Gasteiger partial charge in [0.05, 0.1) is 11.9 Å². The van der Waals surface area contributed by atoms with Crippen LogP contribution in [0.15, 0.2) is 42.9 Å². The molecule has 3 rings (SSSR count). The third kappa shape index (κ3) is 2.44. The summed E-state index contributed by atoms with van der Waals surface area (Å²) in [4.78, 5) is 34.5. The van der Waals surface area contributed by atoms with Gasteiger partial charge in [0.1, 0.15) is 5.82 Å². The first-order valence-corrected chi connectivity index (χ1v) is 7.19. The van der Waals surface area contributed by atoms with Crippen LogP contribution in [-0.4, -0.2) is 33.2 Å². The number of likely N-dealkylation sites (tertiary alicyclic amines) is 1. The number of carbonyl (C=O) groups is 2. The minimum Gasteiger partial charge on any atom is -0.367 e. The molecule has 1 unspecified atom stereocenters. The summed E-state index contributed by atoms with van der Waals surface area (Å²) in [5, 5.41) is 0. The molecule has 6 nitrogen and oxygen atoms in total. The summed E-state index contributed by atoms with van der Waals surface area (Å²) in [6.45, 7) is 0.342. The van der Waals surface area contributed by atoms with Crippen LogP contribution in [0.2, 0.25) is 0 Å². The van der Waals surface area contributed by atoms with Crippen molar-refractivity contribution >= 4 is 11.8 Å². The van der Waals surface area contributed by atoms with Crippen molar-refractivity contribution < 1.29 is 14.0 Å². The molecule has 1 saturated heterocycles. The molecular weight excluding hydrogens is 299 g/mol. The van der Waals surface area contributed by atoms with Gasteiger partial charge in [0.15, 0.2) is 5.54 Å². The molecular formula is C16H15FN4O2. The van der Waals surface area contributed by atoms with Crippen LogP contribution < -0.4 is 5.73 Å². The van der Waals surface area contributed by atoms with Gasteiger partial charge in [-0.2, -0.15) is 0 Å². The summed E-state index contributed by atoms with van der Waals surface area (Å²) in [5.74, 6) is -1.63. The normalized spacial score (nSPS) is 20.5. The van der Waals surface area contributed by atoms with Crippen LogP contribution in [-0.2, 0) is 10.3 Å². The van der Waals surface area contributed by atoms with E-state index in [0.29, 0.717) is 25.1 Å². The maximum Gasteiger partial charge on any atom is 0.255 e. The zero-order valence-electron chi connectivity index (χ0n) is 12.3. The van der Waals surface area contributed by atoms with Crippen molar-refractivity contribution in [1.82, 2.24) is 14.9 Å². The molecule has 0 spiro atoms. The molecule has 2 amide bonds. The summed E-state index contributed by atoms with van der Waals surface area (Å²) < 4.78 is 13.4. The molecule has 2 N–H and O–H groups in total. The third-order valence-electron chi connectivity index (χ3n) is 4.09. The third-order valence-corrected chi connectivity index (χ3v) is 4.09. The molecule has 0 saturated carbocycles. The fourth-order valence-corrected chi connectivity index (χ4v) is 3.03. The zero-order chi connectivity index (χ0) is 16.4. The first kappa shape index (κ1) is 15.1. The number of halogens is 1. The van der Waals surface area contributed by atoms with Gasteiger partial charge < -0.3 is 10.6 Å². The molecule has 1 atom stereocenters. The molecule has 0 radical (unpaired) electrons. The van der Waals surface area contributed by atoms with Gasteiger partial charge in [-0.3, -0.25) is 19.6 Å². The molecule has 2 heterocycles. The predicted octanol–water partition coefficient (Wildman–Crippen LogP) is 1.23. The maximum atomic E-state index is 13.4.